The van der Waals surface area contributed by atoms with Crippen molar-refractivity contribution in [3.63, 3.8) is 0 Å². The average Bonchev–Trinajstić information content (AvgIpc) is 2.04. The lowest BCUT2D eigenvalue weighted by atomic mass is 9.99. The molecule has 0 spiro atoms. The lowest BCUT2D eigenvalue weighted by Crippen LogP contribution is -2.10. The van der Waals surface area contributed by atoms with Gasteiger partial charge in [-0.15, -0.1) is 12.4 Å². The molecule has 0 bridgehead atoms. The summed E-state index contributed by atoms with van der Waals surface area (Å²) < 4.78 is 0. The fraction of sp³-hybridized carbons (Fsp3) is 0.300. The number of hydrogen-bond acceptors (Lipinski definition) is 1. The molecule has 0 radical (unpaired) electrons. The van der Waals surface area contributed by atoms with E-state index in [-0.39, 0.29) is 12.4 Å². The first kappa shape index (κ1) is 9.27. The van der Waals surface area contributed by atoms with Crippen LogP contribution in [0.1, 0.15) is 18.1 Å². The van der Waals surface area contributed by atoms with Crippen LogP contribution in [0.5, 0.6) is 0 Å². The van der Waals surface area contributed by atoms with Crippen molar-refractivity contribution < 1.29 is 0 Å². The number of aliphatic imine (C=N–C) groups is 1. The van der Waals surface area contributed by atoms with Crippen molar-refractivity contribution in [2.24, 2.45) is 4.99 Å². The van der Waals surface area contributed by atoms with Gasteiger partial charge in [0.2, 0.25) is 0 Å². The summed E-state index contributed by atoms with van der Waals surface area (Å²) in [6, 6.07) is 8.90. The van der Waals surface area contributed by atoms with Gasteiger partial charge in [0, 0.05) is 6.21 Å². The Morgan fingerprint density at radius 2 is 2.08 bits per heavy atom. The lowest BCUT2D eigenvalue weighted by Gasteiger charge is -2.14. The largest absolute Gasteiger partial charge is 0.289 e. The van der Waals surface area contributed by atoms with E-state index in [1.54, 1.807) is 0 Å². The van der Waals surface area contributed by atoms with Crippen molar-refractivity contribution in [1.82, 2.24) is 0 Å². The first-order valence-electron chi connectivity index (χ1n) is 3.97. The van der Waals surface area contributed by atoms with Crippen molar-refractivity contribution in [3.8, 4) is 0 Å². The van der Waals surface area contributed by atoms with Gasteiger partial charge in [0.15, 0.2) is 0 Å². The van der Waals surface area contributed by atoms with Crippen LogP contribution in [-0.2, 0) is 6.42 Å². The smallest absolute Gasteiger partial charge is 0.0512 e. The van der Waals surface area contributed by atoms with Crippen LogP contribution in [0.15, 0.2) is 29.3 Å². The maximum atomic E-state index is 4.35. The summed E-state index contributed by atoms with van der Waals surface area (Å²) in [6.07, 6.45) is 3.07. The fourth-order valence-corrected chi connectivity index (χ4v) is 1.42. The summed E-state index contributed by atoms with van der Waals surface area (Å²) in [5.74, 6) is 0. The average molecular weight is 182 g/mol. The highest BCUT2D eigenvalue weighted by Crippen LogP contribution is 2.14. The topological polar surface area (TPSA) is 12.4 Å². The minimum atomic E-state index is 0. The quantitative estimate of drug-likeness (QED) is 0.583. The van der Waals surface area contributed by atoms with Crippen molar-refractivity contribution in [2.75, 3.05) is 0 Å². The monoisotopic (exact) mass is 181 g/mol. The molecule has 0 saturated heterocycles. The molecular formula is C10H12ClN. The summed E-state index contributed by atoms with van der Waals surface area (Å²) >= 11 is 0. The minimum Gasteiger partial charge on any atom is -0.289 e. The third-order valence-corrected chi connectivity index (χ3v) is 2.04. The van der Waals surface area contributed by atoms with Crippen LogP contribution in [0.25, 0.3) is 0 Å². The first-order valence-corrected chi connectivity index (χ1v) is 3.97. The molecule has 1 aromatic rings. The van der Waals surface area contributed by atoms with E-state index >= 15 is 0 Å². The number of rotatable bonds is 0. The predicted octanol–water partition coefficient (Wildman–Crippen LogP) is 2.47. The molecule has 1 atom stereocenters. The van der Waals surface area contributed by atoms with Crippen LogP contribution in [0, 0.1) is 0 Å². The Kier molecular flexibility index (Phi) is 2.88. The minimum absolute atomic E-state index is 0. The molecule has 0 amide bonds. The summed E-state index contributed by atoms with van der Waals surface area (Å²) in [5.41, 5.74) is 2.71. The van der Waals surface area contributed by atoms with Gasteiger partial charge in [-0.2, -0.15) is 0 Å². The van der Waals surface area contributed by atoms with Crippen LogP contribution in [0.2, 0.25) is 0 Å². The molecule has 2 rings (SSSR count). The first-order chi connectivity index (χ1) is 5.36. The molecule has 1 heterocycles. The second-order valence-electron chi connectivity index (χ2n) is 3.03. The van der Waals surface area contributed by atoms with Gasteiger partial charge >= 0.3 is 0 Å². The Balaban J connectivity index is 0.000000720. The van der Waals surface area contributed by atoms with Crippen molar-refractivity contribution in [2.45, 2.75) is 19.4 Å². The SMILES string of the molecule is C[C@@H]1Cc2ccccc2C=N1.Cl. The summed E-state index contributed by atoms with van der Waals surface area (Å²) in [4.78, 5) is 4.35. The molecule has 0 unspecified atom stereocenters. The van der Waals surface area contributed by atoms with Crippen LogP contribution >= 0.6 is 12.4 Å². The zero-order valence-electron chi connectivity index (χ0n) is 7.03. The molecule has 1 nitrogen and oxygen atoms in total. The molecule has 0 N–H and O–H groups in total. The normalized spacial score (nSPS) is 19.6. The lowest BCUT2D eigenvalue weighted by molar-refractivity contribution is 0.732. The Hall–Kier alpha value is -0.820. The molecule has 64 valence electrons. The molecule has 0 aromatic heterocycles. The highest BCUT2D eigenvalue weighted by atomic mass is 35.5. The van der Waals surface area contributed by atoms with E-state index in [1.807, 2.05) is 6.21 Å². The standard InChI is InChI=1S/C10H11N.ClH/c1-8-6-9-4-2-3-5-10(9)7-11-8;/h2-5,7-8H,6H2,1H3;1H/t8-;/m1./s1. The summed E-state index contributed by atoms with van der Waals surface area (Å²) in [6.45, 7) is 2.15. The molecule has 0 fully saturated rings. The Morgan fingerprint density at radius 3 is 2.92 bits per heavy atom. The molecule has 1 aliphatic heterocycles. The van der Waals surface area contributed by atoms with Crippen LogP contribution in [0.3, 0.4) is 0 Å². The highest BCUT2D eigenvalue weighted by molar-refractivity contribution is 5.85. The predicted molar refractivity (Wildman–Crippen MR) is 54.5 cm³/mol. The van der Waals surface area contributed by atoms with E-state index in [9.17, 15) is 0 Å². The van der Waals surface area contributed by atoms with E-state index < -0.39 is 0 Å². The van der Waals surface area contributed by atoms with E-state index in [2.05, 4.69) is 36.2 Å². The highest BCUT2D eigenvalue weighted by Gasteiger charge is 2.08. The van der Waals surface area contributed by atoms with Gasteiger partial charge < -0.3 is 0 Å². The summed E-state index contributed by atoms with van der Waals surface area (Å²) in [5, 5.41) is 0. The van der Waals surface area contributed by atoms with Gasteiger partial charge in [-0.25, -0.2) is 0 Å². The van der Waals surface area contributed by atoms with Crippen molar-refractivity contribution in [1.29, 1.82) is 0 Å². The number of halogens is 1. The van der Waals surface area contributed by atoms with E-state index in [0.717, 1.165) is 6.42 Å². The van der Waals surface area contributed by atoms with Crippen molar-refractivity contribution in [3.05, 3.63) is 35.4 Å². The molecule has 12 heavy (non-hydrogen) atoms. The second kappa shape index (κ2) is 3.72. The van der Waals surface area contributed by atoms with E-state index in [0.29, 0.717) is 6.04 Å². The third-order valence-electron chi connectivity index (χ3n) is 2.04. The number of benzene rings is 1. The Labute approximate surface area is 78.9 Å². The Bertz CT molecular complexity index is 294. The van der Waals surface area contributed by atoms with Crippen molar-refractivity contribution >= 4 is 18.6 Å². The van der Waals surface area contributed by atoms with Crippen LogP contribution in [-0.4, -0.2) is 12.3 Å². The van der Waals surface area contributed by atoms with Gasteiger partial charge in [0.25, 0.3) is 0 Å². The zero-order valence-corrected chi connectivity index (χ0v) is 7.84. The molecule has 0 saturated carbocycles. The number of nitrogens with zero attached hydrogens (tertiary/aromatic N) is 1. The molecule has 1 aliphatic rings. The second-order valence-corrected chi connectivity index (χ2v) is 3.03. The fourth-order valence-electron chi connectivity index (χ4n) is 1.42. The molecule has 2 heteroatoms. The van der Waals surface area contributed by atoms with Gasteiger partial charge in [-0.05, 0) is 24.5 Å². The van der Waals surface area contributed by atoms with Gasteiger partial charge in [-0.3, -0.25) is 4.99 Å². The number of hydrogen-bond donors (Lipinski definition) is 0. The maximum absolute atomic E-state index is 4.35. The van der Waals surface area contributed by atoms with E-state index in [1.165, 1.54) is 11.1 Å². The zero-order chi connectivity index (χ0) is 7.68. The number of fused-ring (bicyclic) bond motifs is 1. The van der Waals surface area contributed by atoms with Gasteiger partial charge in [0.1, 0.15) is 0 Å². The Morgan fingerprint density at radius 1 is 1.33 bits per heavy atom. The van der Waals surface area contributed by atoms with Crippen LogP contribution < -0.4 is 0 Å². The van der Waals surface area contributed by atoms with Gasteiger partial charge in [-0.1, -0.05) is 24.3 Å². The van der Waals surface area contributed by atoms with E-state index in [4.69, 9.17) is 0 Å². The van der Waals surface area contributed by atoms with Crippen LogP contribution in [0.4, 0.5) is 0 Å². The summed E-state index contributed by atoms with van der Waals surface area (Å²) in [7, 11) is 0. The molecule has 0 aliphatic carbocycles. The maximum Gasteiger partial charge on any atom is 0.0512 e. The molecule has 1 aromatic carbocycles. The third kappa shape index (κ3) is 1.67. The molecular weight excluding hydrogens is 170 g/mol. The van der Waals surface area contributed by atoms with Gasteiger partial charge in [0.05, 0.1) is 6.04 Å².